The highest BCUT2D eigenvalue weighted by atomic mass is 31.2. The molecule has 2 atom stereocenters. The highest BCUT2D eigenvalue weighted by Gasteiger charge is 2.27. The number of phosphoric ester groups is 1. The van der Waals surface area contributed by atoms with Crippen molar-refractivity contribution in [2.75, 3.05) is 47.5 Å². The summed E-state index contributed by atoms with van der Waals surface area (Å²) in [4.78, 5) is 35.7. The van der Waals surface area contributed by atoms with Gasteiger partial charge in [-0.3, -0.25) is 18.6 Å². The van der Waals surface area contributed by atoms with Crippen molar-refractivity contribution in [3.8, 4) is 0 Å². The van der Waals surface area contributed by atoms with Gasteiger partial charge in [0, 0.05) is 12.8 Å². The third-order valence-electron chi connectivity index (χ3n) is 12.9. The van der Waals surface area contributed by atoms with Crippen LogP contribution in [0.1, 0.15) is 239 Å². The number of nitrogens with zero attached hydrogens (tertiary/aromatic N) is 1. The molecule has 10 heteroatoms. The standard InChI is InChI=1S/C69H116NO8P/c1-6-8-10-12-14-16-18-20-22-24-26-27-28-29-30-31-32-33-34-35-36-37-38-39-40-41-42-43-44-46-48-50-52-54-56-58-60-62-69(72)78-67(66-77-79(73,74)76-64-63-70(3,4)5)65-75-68(71)61-59-57-55-53-51-49-47-45-25-23-21-19-17-15-13-11-9-7-2/h8,10,14,16,20,22,26-27,29-30,32-33,35-36,38-39,41-42,44,46,50,52,67H,6-7,9,11-13,15,17-19,21,23-25,28,31,34,37,40,43,45,47-49,51,53-66H2,1-5H3/p+1/b10-8-,16-14-,22-20-,27-26-,30-29-,33-32-,36-35-,39-38-,42-41-,46-44-,52-50-. The molecule has 0 spiro atoms. The molecule has 0 aromatic heterocycles. The number of esters is 2. The molecule has 0 saturated carbocycles. The maximum Gasteiger partial charge on any atom is 0.472 e. The minimum Gasteiger partial charge on any atom is -0.462 e. The molecule has 79 heavy (non-hydrogen) atoms. The monoisotopic (exact) mass is 1120 g/mol. The van der Waals surface area contributed by atoms with E-state index in [2.05, 4.69) is 148 Å². The van der Waals surface area contributed by atoms with Crippen molar-refractivity contribution in [3.63, 3.8) is 0 Å². The van der Waals surface area contributed by atoms with E-state index in [0.29, 0.717) is 17.4 Å². The van der Waals surface area contributed by atoms with E-state index in [9.17, 15) is 19.0 Å². The molecule has 0 fully saturated rings. The molecule has 0 saturated heterocycles. The van der Waals surface area contributed by atoms with Gasteiger partial charge in [-0.25, -0.2) is 4.57 Å². The fraction of sp³-hybridized carbons (Fsp3) is 0.652. The van der Waals surface area contributed by atoms with Gasteiger partial charge in [-0.15, -0.1) is 0 Å². The van der Waals surface area contributed by atoms with E-state index in [1.807, 2.05) is 21.1 Å². The van der Waals surface area contributed by atoms with Crippen LogP contribution in [0.15, 0.2) is 134 Å². The zero-order valence-corrected chi connectivity index (χ0v) is 52.0. The van der Waals surface area contributed by atoms with Crippen LogP contribution >= 0.6 is 7.82 Å². The van der Waals surface area contributed by atoms with Crippen LogP contribution in [0.4, 0.5) is 0 Å². The summed E-state index contributed by atoms with van der Waals surface area (Å²) in [6, 6.07) is 0. The lowest BCUT2D eigenvalue weighted by Gasteiger charge is -2.24. The van der Waals surface area contributed by atoms with Gasteiger partial charge in [0.1, 0.15) is 19.8 Å². The number of phosphoric acid groups is 1. The van der Waals surface area contributed by atoms with E-state index in [1.165, 1.54) is 96.3 Å². The number of carbonyl (C=O) groups excluding carboxylic acids is 2. The zero-order chi connectivity index (χ0) is 57.7. The Bertz CT molecular complexity index is 1790. The third kappa shape index (κ3) is 63.2. The number of quaternary nitrogens is 1. The SMILES string of the molecule is CC/C=C\C/C=C\C/C=C\C/C=C\C/C=C\C/C=C\C/C=C\C/C=C\C/C=C\C/C=C\C/C=C\CCCCCC(=O)OC(COC(=O)CCCCCCCCCCCCCCCCCCCC)COP(=O)(O)OCC[N+](C)(C)C. The van der Waals surface area contributed by atoms with Gasteiger partial charge in [0.15, 0.2) is 6.10 Å². The van der Waals surface area contributed by atoms with Gasteiger partial charge in [-0.05, 0) is 96.3 Å². The molecule has 0 aliphatic carbocycles. The molecule has 0 aromatic carbocycles. The lowest BCUT2D eigenvalue weighted by molar-refractivity contribution is -0.870. The molecule has 9 nitrogen and oxygen atoms in total. The Morgan fingerprint density at radius 2 is 0.722 bits per heavy atom. The Labute approximate surface area is 485 Å². The Morgan fingerprint density at radius 3 is 1.08 bits per heavy atom. The van der Waals surface area contributed by atoms with Gasteiger partial charge in [0.2, 0.25) is 0 Å². The summed E-state index contributed by atoms with van der Waals surface area (Å²) in [5.74, 6) is -0.838. The van der Waals surface area contributed by atoms with Crippen LogP contribution in [0.3, 0.4) is 0 Å². The van der Waals surface area contributed by atoms with Gasteiger partial charge in [-0.2, -0.15) is 0 Å². The van der Waals surface area contributed by atoms with Crippen LogP contribution in [-0.2, 0) is 32.7 Å². The number of rotatable bonds is 56. The molecule has 0 amide bonds. The topological polar surface area (TPSA) is 108 Å². The van der Waals surface area contributed by atoms with Gasteiger partial charge in [-0.1, -0.05) is 263 Å². The van der Waals surface area contributed by atoms with Crippen molar-refractivity contribution in [1.29, 1.82) is 0 Å². The minimum absolute atomic E-state index is 0.0193. The second-order valence-corrected chi connectivity index (χ2v) is 23.2. The highest BCUT2D eigenvalue weighted by Crippen LogP contribution is 2.43. The molecule has 0 aromatic rings. The summed E-state index contributed by atoms with van der Waals surface area (Å²) < 4.78 is 34.5. The van der Waals surface area contributed by atoms with Crippen molar-refractivity contribution in [2.24, 2.45) is 0 Å². The average molecular weight is 1120 g/mol. The first kappa shape index (κ1) is 75.2. The molecule has 2 unspecified atom stereocenters. The maximum absolute atomic E-state index is 12.8. The summed E-state index contributed by atoms with van der Waals surface area (Å²) in [6.07, 6.45) is 85.3. The summed E-state index contributed by atoms with van der Waals surface area (Å²) in [5, 5.41) is 0. The number of hydrogen-bond acceptors (Lipinski definition) is 7. The molecule has 0 rings (SSSR count). The van der Waals surface area contributed by atoms with Crippen molar-refractivity contribution in [3.05, 3.63) is 134 Å². The quantitative estimate of drug-likeness (QED) is 0.0211. The fourth-order valence-electron chi connectivity index (χ4n) is 8.14. The minimum atomic E-state index is -4.40. The largest absolute Gasteiger partial charge is 0.472 e. The summed E-state index contributed by atoms with van der Waals surface area (Å²) >= 11 is 0. The number of hydrogen-bond donors (Lipinski definition) is 1. The van der Waals surface area contributed by atoms with Crippen LogP contribution in [0.2, 0.25) is 0 Å². The molecule has 0 bridgehead atoms. The Balaban J connectivity index is 4.23. The normalized spacial score (nSPS) is 14.2. The Hall–Kier alpha value is -3.85. The number of allylic oxidation sites excluding steroid dienone is 22. The zero-order valence-electron chi connectivity index (χ0n) is 51.1. The summed E-state index contributed by atoms with van der Waals surface area (Å²) in [6.45, 7) is 4.28. The van der Waals surface area contributed by atoms with Crippen molar-refractivity contribution < 1.29 is 42.1 Å². The van der Waals surface area contributed by atoms with Gasteiger partial charge < -0.3 is 18.9 Å². The number of likely N-dealkylation sites (N-methyl/N-ethyl adjacent to an activating group) is 1. The first-order valence-electron chi connectivity index (χ1n) is 31.4. The molecular weight excluding hydrogens is 1000 g/mol. The second-order valence-electron chi connectivity index (χ2n) is 21.7. The number of unbranched alkanes of at least 4 members (excludes halogenated alkanes) is 20. The third-order valence-corrected chi connectivity index (χ3v) is 13.9. The molecular formula is C69H117NO8P+. The smallest absolute Gasteiger partial charge is 0.462 e. The van der Waals surface area contributed by atoms with Gasteiger partial charge in [0.05, 0.1) is 27.7 Å². The second kappa shape index (κ2) is 58.8. The van der Waals surface area contributed by atoms with Gasteiger partial charge in [0.25, 0.3) is 0 Å². The van der Waals surface area contributed by atoms with E-state index in [0.717, 1.165) is 109 Å². The van der Waals surface area contributed by atoms with Crippen LogP contribution in [0.25, 0.3) is 0 Å². The summed E-state index contributed by atoms with van der Waals surface area (Å²) in [5.41, 5.74) is 0. The molecule has 0 radical (unpaired) electrons. The van der Waals surface area contributed by atoms with Crippen LogP contribution in [0, 0.1) is 0 Å². The van der Waals surface area contributed by atoms with E-state index < -0.39 is 26.5 Å². The highest BCUT2D eigenvalue weighted by molar-refractivity contribution is 7.47. The predicted octanol–water partition coefficient (Wildman–Crippen LogP) is 20.1. The van der Waals surface area contributed by atoms with E-state index in [-0.39, 0.29) is 32.0 Å². The number of carbonyl (C=O) groups is 2. The Kier molecular flexibility index (Phi) is 55.9. The first-order valence-corrected chi connectivity index (χ1v) is 32.9. The van der Waals surface area contributed by atoms with Crippen LogP contribution in [-0.4, -0.2) is 74.9 Å². The molecule has 0 aliphatic rings. The number of ether oxygens (including phenoxy) is 2. The van der Waals surface area contributed by atoms with E-state index >= 15 is 0 Å². The molecule has 450 valence electrons. The van der Waals surface area contributed by atoms with Crippen molar-refractivity contribution in [2.45, 2.75) is 245 Å². The van der Waals surface area contributed by atoms with Crippen molar-refractivity contribution in [1.82, 2.24) is 0 Å². The Morgan fingerprint density at radius 1 is 0.405 bits per heavy atom. The lowest BCUT2D eigenvalue weighted by Crippen LogP contribution is -2.37. The lowest BCUT2D eigenvalue weighted by atomic mass is 10.0. The van der Waals surface area contributed by atoms with Gasteiger partial charge >= 0.3 is 19.8 Å². The summed E-state index contributed by atoms with van der Waals surface area (Å²) in [7, 11) is 1.44. The predicted molar refractivity (Wildman–Crippen MR) is 339 cm³/mol. The molecule has 0 heterocycles. The average Bonchev–Trinajstić information content (AvgIpc) is 3.41. The van der Waals surface area contributed by atoms with E-state index in [1.54, 1.807) is 0 Å². The fourth-order valence-corrected chi connectivity index (χ4v) is 8.88. The molecule has 0 aliphatic heterocycles. The molecule has 1 N–H and O–H groups in total. The maximum atomic E-state index is 12.8. The van der Waals surface area contributed by atoms with Crippen LogP contribution < -0.4 is 0 Å². The van der Waals surface area contributed by atoms with E-state index in [4.69, 9.17) is 18.5 Å². The first-order chi connectivity index (χ1) is 38.5. The van der Waals surface area contributed by atoms with Crippen molar-refractivity contribution >= 4 is 19.8 Å². The van der Waals surface area contributed by atoms with Crippen LogP contribution in [0.5, 0.6) is 0 Å².